The summed E-state index contributed by atoms with van der Waals surface area (Å²) in [7, 11) is 0. The Kier molecular flexibility index (Phi) is 3.69. The van der Waals surface area contributed by atoms with E-state index < -0.39 is 0 Å². The van der Waals surface area contributed by atoms with Gasteiger partial charge in [0.25, 0.3) is 0 Å². The van der Waals surface area contributed by atoms with Crippen LogP contribution >= 0.6 is 15.9 Å². The van der Waals surface area contributed by atoms with Gasteiger partial charge < -0.3 is 10.1 Å². The molecule has 2 heterocycles. The van der Waals surface area contributed by atoms with Crippen LogP contribution in [-0.4, -0.2) is 24.2 Å². The monoisotopic (exact) mass is 346 g/mol. The molecule has 4 heteroatoms. The van der Waals surface area contributed by atoms with Gasteiger partial charge in [-0.3, -0.25) is 4.98 Å². The minimum atomic E-state index is 0.168. The third-order valence-electron chi connectivity index (χ3n) is 4.51. The molecule has 1 aliphatic heterocycles. The highest BCUT2D eigenvalue weighted by molar-refractivity contribution is 9.10. The number of hydrogen-bond acceptors (Lipinski definition) is 3. The number of rotatable bonds is 4. The van der Waals surface area contributed by atoms with Crippen molar-refractivity contribution in [3.8, 4) is 0 Å². The maximum atomic E-state index is 6.06. The predicted molar refractivity (Wildman–Crippen MR) is 87.3 cm³/mol. The first-order valence-electron chi connectivity index (χ1n) is 7.71. The molecular weight excluding hydrogens is 328 g/mol. The summed E-state index contributed by atoms with van der Waals surface area (Å²) in [6.07, 6.45) is 5.84. The molecule has 3 nitrogen and oxygen atoms in total. The van der Waals surface area contributed by atoms with E-state index in [1.54, 1.807) is 0 Å². The summed E-state index contributed by atoms with van der Waals surface area (Å²) in [5.74, 6) is 0.553. The fourth-order valence-corrected chi connectivity index (χ4v) is 3.63. The van der Waals surface area contributed by atoms with Crippen LogP contribution in [-0.2, 0) is 4.74 Å². The topological polar surface area (TPSA) is 34.1 Å². The van der Waals surface area contributed by atoms with Gasteiger partial charge in [0.2, 0.25) is 0 Å². The van der Waals surface area contributed by atoms with Gasteiger partial charge >= 0.3 is 0 Å². The summed E-state index contributed by atoms with van der Waals surface area (Å²) in [4.78, 5) is 4.60. The highest BCUT2D eigenvalue weighted by Gasteiger charge is 2.32. The fraction of sp³-hybridized carbons (Fsp3) is 0.471. The van der Waals surface area contributed by atoms with Crippen LogP contribution in [0, 0.1) is 5.92 Å². The van der Waals surface area contributed by atoms with E-state index in [1.165, 1.54) is 23.8 Å². The van der Waals surface area contributed by atoms with Gasteiger partial charge in [-0.2, -0.15) is 0 Å². The number of pyridine rings is 1. The number of fused-ring (bicyclic) bond motifs is 1. The average molecular weight is 347 g/mol. The summed E-state index contributed by atoms with van der Waals surface area (Å²) in [5, 5.41) is 4.81. The molecule has 1 aromatic heterocycles. The molecule has 0 radical (unpaired) electrons. The van der Waals surface area contributed by atoms with Gasteiger partial charge in [-0.15, -0.1) is 0 Å². The summed E-state index contributed by atoms with van der Waals surface area (Å²) < 4.78 is 7.15. The molecule has 4 rings (SSSR count). The molecule has 1 N–H and O–H groups in total. The second-order valence-corrected chi connectivity index (χ2v) is 6.91. The van der Waals surface area contributed by atoms with E-state index in [4.69, 9.17) is 4.74 Å². The van der Waals surface area contributed by atoms with Gasteiger partial charge in [-0.05, 0) is 31.4 Å². The lowest BCUT2D eigenvalue weighted by Crippen LogP contribution is -2.26. The van der Waals surface area contributed by atoms with Gasteiger partial charge in [-0.1, -0.05) is 28.1 Å². The standard InChI is InChI=1S/C17H19BrN2O/c18-15-6-5-14(16-13(15)2-1-8-19-16)17-11(7-9-21-17)10-20-12-3-4-12/h1-2,5-6,8,11-12,17,20H,3-4,7,9-10H2. The maximum Gasteiger partial charge on any atom is 0.0887 e. The van der Waals surface area contributed by atoms with Crippen LogP contribution < -0.4 is 5.32 Å². The van der Waals surface area contributed by atoms with Gasteiger partial charge in [0, 0.05) is 46.7 Å². The van der Waals surface area contributed by atoms with Crippen LogP contribution in [0.3, 0.4) is 0 Å². The van der Waals surface area contributed by atoms with E-state index >= 15 is 0 Å². The number of benzene rings is 1. The third kappa shape index (κ3) is 2.72. The lowest BCUT2D eigenvalue weighted by molar-refractivity contribution is 0.0914. The van der Waals surface area contributed by atoms with Gasteiger partial charge in [-0.25, -0.2) is 0 Å². The first kappa shape index (κ1) is 13.7. The molecule has 2 unspecified atom stereocenters. The zero-order chi connectivity index (χ0) is 14.2. The predicted octanol–water partition coefficient (Wildman–Crippen LogP) is 3.83. The summed E-state index contributed by atoms with van der Waals surface area (Å²) in [5.41, 5.74) is 2.30. The maximum absolute atomic E-state index is 6.06. The van der Waals surface area contributed by atoms with Crippen molar-refractivity contribution in [2.75, 3.05) is 13.2 Å². The number of hydrogen-bond donors (Lipinski definition) is 1. The van der Waals surface area contributed by atoms with Crippen LogP contribution in [0.4, 0.5) is 0 Å². The van der Waals surface area contributed by atoms with Crippen molar-refractivity contribution in [3.63, 3.8) is 0 Å². The van der Waals surface area contributed by atoms with Crippen molar-refractivity contribution < 1.29 is 4.74 Å². The molecule has 1 saturated carbocycles. The van der Waals surface area contributed by atoms with Gasteiger partial charge in [0.15, 0.2) is 0 Å². The smallest absolute Gasteiger partial charge is 0.0887 e. The van der Waals surface area contributed by atoms with E-state index in [1.807, 2.05) is 12.3 Å². The van der Waals surface area contributed by atoms with Crippen molar-refractivity contribution in [2.24, 2.45) is 5.92 Å². The molecule has 1 saturated heterocycles. The number of aromatic nitrogens is 1. The highest BCUT2D eigenvalue weighted by Crippen LogP contribution is 2.39. The summed E-state index contributed by atoms with van der Waals surface area (Å²) >= 11 is 3.62. The second-order valence-electron chi connectivity index (χ2n) is 6.06. The molecule has 21 heavy (non-hydrogen) atoms. The molecule has 2 fully saturated rings. The molecule has 0 spiro atoms. The molecule has 2 aromatic rings. The Morgan fingerprint density at radius 3 is 3.00 bits per heavy atom. The average Bonchev–Trinajstić information content (AvgIpc) is 3.23. The largest absolute Gasteiger partial charge is 0.373 e. The number of nitrogens with one attached hydrogen (secondary N) is 1. The van der Waals surface area contributed by atoms with E-state index in [9.17, 15) is 0 Å². The van der Waals surface area contributed by atoms with Crippen LogP contribution in [0.25, 0.3) is 10.9 Å². The molecule has 110 valence electrons. The normalized spacial score (nSPS) is 25.6. The van der Waals surface area contributed by atoms with Crippen molar-refractivity contribution in [1.29, 1.82) is 0 Å². The zero-order valence-corrected chi connectivity index (χ0v) is 13.5. The van der Waals surface area contributed by atoms with Crippen LogP contribution in [0.15, 0.2) is 34.9 Å². The summed E-state index contributed by atoms with van der Waals surface area (Å²) in [6, 6.07) is 9.14. The molecule has 1 aliphatic carbocycles. The van der Waals surface area contributed by atoms with E-state index in [0.717, 1.165) is 35.6 Å². The Labute approximate surface area is 133 Å². The van der Waals surface area contributed by atoms with Gasteiger partial charge in [0.05, 0.1) is 11.6 Å². The Hall–Kier alpha value is -0.970. The molecule has 2 atom stereocenters. The van der Waals surface area contributed by atoms with Crippen LogP contribution in [0.1, 0.15) is 30.9 Å². The molecule has 2 aliphatic rings. The minimum absolute atomic E-state index is 0.168. The van der Waals surface area contributed by atoms with E-state index in [-0.39, 0.29) is 6.10 Å². The Balaban J connectivity index is 1.66. The van der Waals surface area contributed by atoms with Crippen molar-refractivity contribution in [3.05, 3.63) is 40.5 Å². The van der Waals surface area contributed by atoms with E-state index in [0.29, 0.717) is 5.92 Å². The van der Waals surface area contributed by atoms with Crippen LogP contribution in [0.2, 0.25) is 0 Å². The highest BCUT2D eigenvalue weighted by atomic mass is 79.9. The third-order valence-corrected chi connectivity index (χ3v) is 5.21. The number of nitrogens with zero attached hydrogens (tertiary/aromatic N) is 1. The lowest BCUT2D eigenvalue weighted by Gasteiger charge is -2.21. The molecule has 1 aromatic carbocycles. The first-order valence-corrected chi connectivity index (χ1v) is 8.50. The minimum Gasteiger partial charge on any atom is -0.373 e. The Morgan fingerprint density at radius 1 is 1.24 bits per heavy atom. The van der Waals surface area contributed by atoms with Crippen molar-refractivity contribution in [1.82, 2.24) is 10.3 Å². The Bertz CT molecular complexity index is 656. The first-order chi connectivity index (χ1) is 10.3. The van der Waals surface area contributed by atoms with Crippen molar-refractivity contribution in [2.45, 2.75) is 31.4 Å². The number of halogens is 1. The Morgan fingerprint density at radius 2 is 2.14 bits per heavy atom. The molecular formula is C17H19BrN2O. The van der Waals surface area contributed by atoms with E-state index in [2.05, 4.69) is 44.4 Å². The lowest BCUT2D eigenvalue weighted by atomic mass is 9.93. The van der Waals surface area contributed by atoms with Crippen LogP contribution in [0.5, 0.6) is 0 Å². The summed E-state index contributed by atoms with van der Waals surface area (Å²) in [6.45, 7) is 1.91. The molecule has 0 bridgehead atoms. The SMILES string of the molecule is Brc1ccc(C2OCCC2CNC2CC2)c2ncccc12. The van der Waals surface area contributed by atoms with Crippen molar-refractivity contribution >= 4 is 26.8 Å². The van der Waals surface area contributed by atoms with Gasteiger partial charge in [0.1, 0.15) is 0 Å². The zero-order valence-electron chi connectivity index (χ0n) is 11.9. The second kappa shape index (κ2) is 5.67. The fourth-order valence-electron chi connectivity index (χ4n) is 3.18. The molecule has 0 amide bonds. The number of ether oxygens (including phenoxy) is 1. The quantitative estimate of drug-likeness (QED) is 0.913.